The van der Waals surface area contributed by atoms with Crippen LogP contribution in [0.5, 0.6) is 0 Å². The molecule has 2 rings (SSSR count). The molecule has 6 heteroatoms. The molecule has 100 valence electrons. The van der Waals surface area contributed by atoms with Crippen molar-refractivity contribution in [2.24, 2.45) is 7.05 Å². The molecule has 1 aromatic rings. The van der Waals surface area contributed by atoms with Crippen LogP contribution in [0.2, 0.25) is 0 Å². The summed E-state index contributed by atoms with van der Waals surface area (Å²) < 4.78 is 27.7. The number of aromatic nitrogens is 2. The van der Waals surface area contributed by atoms with E-state index in [-0.39, 0.29) is 31.8 Å². The van der Waals surface area contributed by atoms with E-state index in [2.05, 4.69) is 5.10 Å². The number of nitrogens with zero attached hydrogens (tertiary/aromatic N) is 3. The fourth-order valence-electron chi connectivity index (χ4n) is 2.28. The van der Waals surface area contributed by atoms with Gasteiger partial charge in [-0.1, -0.05) is 0 Å². The standard InChI is InChI=1S/C12H17F2N3O/c1-8-10(9(2)16(3)15-8)11(18)17-6-4-12(13,14)5-7-17/h4-7H2,1-3H3. The molecule has 0 bridgehead atoms. The van der Waals surface area contributed by atoms with E-state index < -0.39 is 5.92 Å². The molecule has 0 saturated carbocycles. The highest BCUT2D eigenvalue weighted by Crippen LogP contribution is 2.29. The van der Waals surface area contributed by atoms with E-state index in [1.807, 2.05) is 6.92 Å². The summed E-state index contributed by atoms with van der Waals surface area (Å²) in [5, 5.41) is 4.18. The van der Waals surface area contributed by atoms with Gasteiger partial charge in [-0.15, -0.1) is 0 Å². The summed E-state index contributed by atoms with van der Waals surface area (Å²) in [6, 6.07) is 0. The number of carbonyl (C=O) groups excluding carboxylic acids is 1. The normalized spacial score (nSPS) is 19.1. The minimum absolute atomic E-state index is 0.111. The van der Waals surface area contributed by atoms with Gasteiger partial charge in [0, 0.05) is 38.7 Å². The second-order valence-electron chi connectivity index (χ2n) is 4.82. The van der Waals surface area contributed by atoms with Crippen LogP contribution in [0.3, 0.4) is 0 Å². The lowest BCUT2D eigenvalue weighted by molar-refractivity contribution is -0.0494. The number of hydrogen-bond acceptors (Lipinski definition) is 2. The monoisotopic (exact) mass is 257 g/mol. The Morgan fingerprint density at radius 2 is 1.83 bits per heavy atom. The van der Waals surface area contributed by atoms with Crippen LogP contribution in [0.15, 0.2) is 0 Å². The van der Waals surface area contributed by atoms with Crippen molar-refractivity contribution in [3.63, 3.8) is 0 Å². The van der Waals surface area contributed by atoms with Crippen LogP contribution >= 0.6 is 0 Å². The molecule has 1 fully saturated rings. The third kappa shape index (κ3) is 2.23. The summed E-state index contributed by atoms with van der Waals surface area (Å²) in [6.07, 6.45) is -0.506. The minimum Gasteiger partial charge on any atom is -0.338 e. The van der Waals surface area contributed by atoms with Crippen molar-refractivity contribution in [3.8, 4) is 0 Å². The van der Waals surface area contributed by atoms with Crippen molar-refractivity contribution >= 4 is 5.91 Å². The van der Waals surface area contributed by atoms with E-state index in [1.165, 1.54) is 4.90 Å². The van der Waals surface area contributed by atoms with E-state index in [9.17, 15) is 13.6 Å². The Kier molecular flexibility index (Phi) is 3.12. The van der Waals surface area contributed by atoms with E-state index >= 15 is 0 Å². The lowest BCUT2D eigenvalue weighted by atomic mass is 10.0. The third-order valence-electron chi connectivity index (χ3n) is 3.51. The van der Waals surface area contributed by atoms with Crippen molar-refractivity contribution in [1.82, 2.24) is 14.7 Å². The number of likely N-dealkylation sites (tertiary alicyclic amines) is 1. The van der Waals surface area contributed by atoms with Crippen LogP contribution in [-0.4, -0.2) is 39.6 Å². The molecule has 0 N–H and O–H groups in total. The van der Waals surface area contributed by atoms with E-state index in [0.29, 0.717) is 11.3 Å². The van der Waals surface area contributed by atoms with Crippen molar-refractivity contribution < 1.29 is 13.6 Å². The molecule has 1 amide bonds. The van der Waals surface area contributed by atoms with Crippen LogP contribution in [-0.2, 0) is 7.05 Å². The number of aryl methyl sites for hydroxylation is 2. The van der Waals surface area contributed by atoms with Gasteiger partial charge in [-0.2, -0.15) is 5.10 Å². The predicted octanol–water partition coefficient (Wildman–Crippen LogP) is 1.91. The quantitative estimate of drug-likeness (QED) is 0.770. The molecule has 4 nitrogen and oxygen atoms in total. The largest absolute Gasteiger partial charge is 0.338 e. The SMILES string of the molecule is Cc1nn(C)c(C)c1C(=O)N1CCC(F)(F)CC1. The number of piperidine rings is 1. The summed E-state index contributed by atoms with van der Waals surface area (Å²) in [7, 11) is 1.77. The highest BCUT2D eigenvalue weighted by atomic mass is 19.3. The van der Waals surface area contributed by atoms with Crippen LogP contribution < -0.4 is 0 Å². The summed E-state index contributed by atoms with van der Waals surface area (Å²) in [5.74, 6) is -2.82. The van der Waals surface area contributed by atoms with Gasteiger partial charge < -0.3 is 4.90 Å². The van der Waals surface area contributed by atoms with Crippen molar-refractivity contribution in [2.45, 2.75) is 32.6 Å². The summed E-state index contributed by atoms with van der Waals surface area (Å²) >= 11 is 0. The third-order valence-corrected chi connectivity index (χ3v) is 3.51. The zero-order valence-electron chi connectivity index (χ0n) is 10.8. The second-order valence-corrected chi connectivity index (χ2v) is 4.82. The van der Waals surface area contributed by atoms with E-state index in [0.717, 1.165) is 5.69 Å². The number of alkyl halides is 2. The van der Waals surface area contributed by atoms with Gasteiger partial charge in [0.2, 0.25) is 0 Å². The van der Waals surface area contributed by atoms with Crippen LogP contribution in [0.4, 0.5) is 8.78 Å². The van der Waals surface area contributed by atoms with Gasteiger partial charge in [0.05, 0.1) is 11.3 Å². The highest BCUT2D eigenvalue weighted by molar-refractivity contribution is 5.96. The molecule has 2 heterocycles. The van der Waals surface area contributed by atoms with Gasteiger partial charge in [-0.3, -0.25) is 9.48 Å². The highest BCUT2D eigenvalue weighted by Gasteiger charge is 2.36. The Balaban J connectivity index is 2.18. The van der Waals surface area contributed by atoms with Crippen molar-refractivity contribution in [3.05, 3.63) is 17.0 Å². The molecule has 1 aliphatic heterocycles. The van der Waals surface area contributed by atoms with Gasteiger partial charge in [-0.05, 0) is 13.8 Å². The van der Waals surface area contributed by atoms with Crippen LogP contribution in [0.25, 0.3) is 0 Å². The molecule has 0 aliphatic carbocycles. The molecule has 0 aromatic carbocycles. The Morgan fingerprint density at radius 3 is 2.28 bits per heavy atom. The summed E-state index contributed by atoms with van der Waals surface area (Å²) in [4.78, 5) is 13.8. The first kappa shape index (κ1) is 13.0. The van der Waals surface area contributed by atoms with Crippen LogP contribution in [0.1, 0.15) is 34.6 Å². The van der Waals surface area contributed by atoms with Crippen molar-refractivity contribution in [2.75, 3.05) is 13.1 Å². The molecule has 1 aromatic heterocycles. The zero-order chi connectivity index (χ0) is 13.5. The average Bonchev–Trinajstić information content (AvgIpc) is 2.52. The van der Waals surface area contributed by atoms with Gasteiger partial charge in [0.1, 0.15) is 0 Å². The molecular formula is C12H17F2N3O. The van der Waals surface area contributed by atoms with E-state index in [4.69, 9.17) is 0 Å². The van der Waals surface area contributed by atoms with E-state index in [1.54, 1.807) is 18.7 Å². The Labute approximate surface area is 105 Å². The van der Waals surface area contributed by atoms with Gasteiger partial charge in [0.25, 0.3) is 11.8 Å². The Morgan fingerprint density at radius 1 is 1.28 bits per heavy atom. The molecule has 0 radical (unpaired) electrons. The number of hydrogen-bond donors (Lipinski definition) is 0. The molecule has 0 unspecified atom stereocenters. The smallest absolute Gasteiger partial charge is 0.257 e. The maximum Gasteiger partial charge on any atom is 0.257 e. The fraction of sp³-hybridized carbons (Fsp3) is 0.667. The molecule has 18 heavy (non-hydrogen) atoms. The minimum atomic E-state index is -2.63. The number of amides is 1. The predicted molar refractivity (Wildman–Crippen MR) is 62.8 cm³/mol. The van der Waals surface area contributed by atoms with Crippen molar-refractivity contribution in [1.29, 1.82) is 0 Å². The molecular weight excluding hydrogens is 240 g/mol. The van der Waals surface area contributed by atoms with Gasteiger partial charge in [-0.25, -0.2) is 8.78 Å². The Bertz CT molecular complexity index is 472. The first-order chi connectivity index (χ1) is 8.32. The second kappa shape index (κ2) is 4.33. The summed E-state index contributed by atoms with van der Waals surface area (Å²) in [6.45, 7) is 3.80. The zero-order valence-corrected chi connectivity index (χ0v) is 10.8. The van der Waals surface area contributed by atoms with Gasteiger partial charge in [0.15, 0.2) is 0 Å². The lowest BCUT2D eigenvalue weighted by Gasteiger charge is -2.31. The average molecular weight is 257 g/mol. The first-order valence-electron chi connectivity index (χ1n) is 5.99. The fourth-order valence-corrected chi connectivity index (χ4v) is 2.28. The van der Waals surface area contributed by atoms with Gasteiger partial charge >= 0.3 is 0 Å². The molecule has 0 atom stereocenters. The summed E-state index contributed by atoms with van der Waals surface area (Å²) in [5.41, 5.74) is 1.97. The molecule has 1 aliphatic rings. The lowest BCUT2D eigenvalue weighted by Crippen LogP contribution is -2.43. The molecule has 0 spiro atoms. The first-order valence-corrected chi connectivity index (χ1v) is 5.99. The number of halogens is 2. The Hall–Kier alpha value is -1.46. The topological polar surface area (TPSA) is 38.1 Å². The number of carbonyl (C=O) groups is 1. The van der Waals surface area contributed by atoms with Crippen LogP contribution in [0, 0.1) is 13.8 Å². The number of rotatable bonds is 1. The maximum atomic E-state index is 13.1. The maximum absolute atomic E-state index is 13.1. The molecule has 1 saturated heterocycles.